The molecule has 1 rings (SSSR count). The summed E-state index contributed by atoms with van der Waals surface area (Å²) in [6.45, 7) is 11.0. The van der Waals surface area contributed by atoms with E-state index in [0.717, 1.165) is 5.92 Å². The first kappa shape index (κ1) is 14.5. The first-order valence-corrected chi connectivity index (χ1v) is 8.10. The molecule has 1 fully saturated rings. The average Bonchev–Trinajstić information content (AvgIpc) is 2.73. The third kappa shape index (κ3) is 3.73. The molecular formula is C14H28BrN. The highest BCUT2D eigenvalue weighted by molar-refractivity contribution is 9.09. The monoisotopic (exact) mass is 289 g/mol. The standard InChI is InChI=1S/C14H28BrN/c1-4-7-13(10-15)11-16-9-8-14(5-2,6-3)12-16/h13H,4-12H2,1-3H3. The van der Waals surface area contributed by atoms with Gasteiger partial charge in [0.1, 0.15) is 0 Å². The molecule has 2 heteroatoms. The lowest BCUT2D eigenvalue weighted by molar-refractivity contribution is 0.220. The van der Waals surface area contributed by atoms with Crippen LogP contribution in [0.15, 0.2) is 0 Å². The van der Waals surface area contributed by atoms with Crippen LogP contribution in [0.2, 0.25) is 0 Å². The van der Waals surface area contributed by atoms with Crippen LogP contribution in [0.1, 0.15) is 52.9 Å². The number of rotatable bonds is 7. The predicted molar refractivity (Wildman–Crippen MR) is 76.3 cm³/mol. The van der Waals surface area contributed by atoms with E-state index >= 15 is 0 Å². The van der Waals surface area contributed by atoms with E-state index in [2.05, 4.69) is 41.6 Å². The molecule has 0 aliphatic carbocycles. The van der Waals surface area contributed by atoms with Crippen molar-refractivity contribution in [3.05, 3.63) is 0 Å². The van der Waals surface area contributed by atoms with E-state index in [4.69, 9.17) is 0 Å². The maximum absolute atomic E-state index is 3.66. The SMILES string of the molecule is CCCC(CBr)CN1CCC(CC)(CC)C1. The van der Waals surface area contributed by atoms with Crippen molar-refractivity contribution < 1.29 is 0 Å². The topological polar surface area (TPSA) is 3.24 Å². The highest BCUT2D eigenvalue weighted by Crippen LogP contribution is 2.37. The van der Waals surface area contributed by atoms with Crippen molar-refractivity contribution in [1.82, 2.24) is 4.90 Å². The second kappa shape index (κ2) is 7.00. The second-order valence-electron chi connectivity index (χ2n) is 5.50. The average molecular weight is 290 g/mol. The van der Waals surface area contributed by atoms with E-state index in [0.29, 0.717) is 5.41 Å². The van der Waals surface area contributed by atoms with E-state index in [1.54, 1.807) is 0 Å². The molecule has 16 heavy (non-hydrogen) atoms. The van der Waals surface area contributed by atoms with Gasteiger partial charge in [0, 0.05) is 18.4 Å². The molecule has 1 saturated heterocycles. The maximum atomic E-state index is 3.66. The van der Waals surface area contributed by atoms with E-state index in [1.165, 1.54) is 57.1 Å². The lowest BCUT2D eigenvalue weighted by Crippen LogP contribution is -2.31. The van der Waals surface area contributed by atoms with Gasteiger partial charge in [-0.25, -0.2) is 0 Å². The molecule has 0 radical (unpaired) electrons. The van der Waals surface area contributed by atoms with Crippen LogP contribution in [0.5, 0.6) is 0 Å². The number of halogens is 1. The fourth-order valence-corrected chi connectivity index (χ4v) is 3.53. The third-order valence-electron chi connectivity index (χ3n) is 4.45. The summed E-state index contributed by atoms with van der Waals surface area (Å²) in [6.07, 6.45) is 6.81. The van der Waals surface area contributed by atoms with Crippen molar-refractivity contribution in [2.75, 3.05) is 25.0 Å². The Morgan fingerprint density at radius 2 is 1.94 bits per heavy atom. The first-order valence-electron chi connectivity index (χ1n) is 6.98. The summed E-state index contributed by atoms with van der Waals surface area (Å²) in [5, 5.41) is 1.17. The molecule has 0 spiro atoms. The summed E-state index contributed by atoms with van der Waals surface area (Å²) >= 11 is 3.66. The van der Waals surface area contributed by atoms with E-state index in [9.17, 15) is 0 Å². The van der Waals surface area contributed by atoms with Crippen LogP contribution in [-0.2, 0) is 0 Å². The quantitative estimate of drug-likeness (QED) is 0.632. The molecule has 96 valence electrons. The van der Waals surface area contributed by atoms with Crippen LogP contribution < -0.4 is 0 Å². The first-order chi connectivity index (χ1) is 7.69. The number of alkyl halides is 1. The summed E-state index contributed by atoms with van der Waals surface area (Å²) in [6, 6.07) is 0. The smallest absolute Gasteiger partial charge is 0.00718 e. The Morgan fingerprint density at radius 1 is 1.25 bits per heavy atom. The van der Waals surface area contributed by atoms with Gasteiger partial charge >= 0.3 is 0 Å². The molecule has 0 saturated carbocycles. The van der Waals surface area contributed by atoms with Gasteiger partial charge in [-0.2, -0.15) is 0 Å². The predicted octanol–water partition coefficient (Wildman–Crippen LogP) is 4.31. The molecule has 0 bridgehead atoms. The van der Waals surface area contributed by atoms with E-state index < -0.39 is 0 Å². The Morgan fingerprint density at radius 3 is 2.38 bits per heavy atom. The zero-order valence-corrected chi connectivity index (χ0v) is 12.9. The zero-order valence-electron chi connectivity index (χ0n) is 11.3. The molecule has 1 heterocycles. The van der Waals surface area contributed by atoms with Crippen LogP contribution in [-0.4, -0.2) is 29.9 Å². The summed E-state index contributed by atoms with van der Waals surface area (Å²) < 4.78 is 0. The molecule has 1 unspecified atom stereocenters. The minimum Gasteiger partial charge on any atom is -0.302 e. The maximum Gasteiger partial charge on any atom is 0.00718 e. The molecule has 0 N–H and O–H groups in total. The number of nitrogens with zero attached hydrogens (tertiary/aromatic N) is 1. The molecule has 1 nitrogen and oxygen atoms in total. The van der Waals surface area contributed by atoms with Gasteiger partial charge in [0.2, 0.25) is 0 Å². The Hall–Kier alpha value is 0.440. The summed E-state index contributed by atoms with van der Waals surface area (Å²) in [7, 11) is 0. The molecule has 0 amide bonds. The van der Waals surface area contributed by atoms with Gasteiger partial charge in [0.05, 0.1) is 0 Å². The third-order valence-corrected chi connectivity index (χ3v) is 5.36. The van der Waals surface area contributed by atoms with Gasteiger partial charge in [0.15, 0.2) is 0 Å². The van der Waals surface area contributed by atoms with Crippen LogP contribution in [0, 0.1) is 11.3 Å². The van der Waals surface area contributed by atoms with Crippen molar-refractivity contribution in [2.45, 2.75) is 52.9 Å². The molecule has 1 aliphatic rings. The summed E-state index contributed by atoms with van der Waals surface area (Å²) in [4.78, 5) is 2.70. The van der Waals surface area contributed by atoms with Gasteiger partial charge in [-0.1, -0.05) is 43.1 Å². The Kier molecular flexibility index (Phi) is 6.35. The second-order valence-corrected chi connectivity index (χ2v) is 6.15. The van der Waals surface area contributed by atoms with Gasteiger partial charge in [-0.05, 0) is 43.6 Å². The van der Waals surface area contributed by atoms with Gasteiger partial charge in [-0.3, -0.25) is 0 Å². The van der Waals surface area contributed by atoms with Crippen molar-refractivity contribution in [2.24, 2.45) is 11.3 Å². The molecular weight excluding hydrogens is 262 g/mol. The lowest BCUT2D eigenvalue weighted by atomic mass is 9.82. The Balaban J connectivity index is 2.40. The van der Waals surface area contributed by atoms with E-state index in [1.807, 2.05) is 0 Å². The van der Waals surface area contributed by atoms with Gasteiger partial charge in [-0.15, -0.1) is 0 Å². The molecule has 0 aromatic rings. The van der Waals surface area contributed by atoms with Gasteiger partial charge < -0.3 is 4.90 Å². The Labute approximate surface area is 110 Å². The summed E-state index contributed by atoms with van der Waals surface area (Å²) in [5.41, 5.74) is 0.642. The van der Waals surface area contributed by atoms with Crippen LogP contribution in [0.25, 0.3) is 0 Å². The van der Waals surface area contributed by atoms with Crippen molar-refractivity contribution in [3.8, 4) is 0 Å². The molecule has 0 aromatic heterocycles. The van der Waals surface area contributed by atoms with Crippen molar-refractivity contribution in [1.29, 1.82) is 0 Å². The molecule has 0 aromatic carbocycles. The van der Waals surface area contributed by atoms with Crippen LogP contribution >= 0.6 is 15.9 Å². The molecule has 1 aliphatic heterocycles. The fourth-order valence-electron chi connectivity index (χ4n) is 3.00. The van der Waals surface area contributed by atoms with Gasteiger partial charge in [0.25, 0.3) is 0 Å². The van der Waals surface area contributed by atoms with Crippen molar-refractivity contribution >= 4 is 15.9 Å². The minimum atomic E-state index is 0.642. The van der Waals surface area contributed by atoms with Crippen LogP contribution in [0.4, 0.5) is 0 Å². The van der Waals surface area contributed by atoms with Crippen molar-refractivity contribution in [3.63, 3.8) is 0 Å². The molecule has 1 atom stereocenters. The normalized spacial score (nSPS) is 22.5. The summed E-state index contributed by atoms with van der Waals surface area (Å²) in [5.74, 6) is 0.856. The van der Waals surface area contributed by atoms with E-state index in [-0.39, 0.29) is 0 Å². The zero-order chi connectivity index (χ0) is 12.0. The highest BCUT2D eigenvalue weighted by atomic mass is 79.9. The lowest BCUT2D eigenvalue weighted by Gasteiger charge is -2.28. The number of likely N-dealkylation sites (tertiary alicyclic amines) is 1. The highest BCUT2D eigenvalue weighted by Gasteiger charge is 2.35. The largest absolute Gasteiger partial charge is 0.302 e. The number of hydrogen-bond acceptors (Lipinski definition) is 1. The van der Waals surface area contributed by atoms with Crippen LogP contribution in [0.3, 0.4) is 0 Å². The fraction of sp³-hybridized carbons (Fsp3) is 1.00. The Bertz CT molecular complexity index is 189. The minimum absolute atomic E-state index is 0.642. The number of hydrogen-bond donors (Lipinski definition) is 0.